The second-order valence-corrected chi connectivity index (χ2v) is 3.65. The summed E-state index contributed by atoms with van der Waals surface area (Å²) in [5, 5.41) is 3.36. The van der Waals surface area contributed by atoms with Gasteiger partial charge in [0.1, 0.15) is 0 Å². The molecule has 0 radical (unpaired) electrons. The Morgan fingerprint density at radius 3 is 2.92 bits per heavy atom. The third kappa shape index (κ3) is 3.49. The van der Waals surface area contributed by atoms with Crippen LogP contribution in [0.2, 0.25) is 0 Å². The van der Waals surface area contributed by atoms with Gasteiger partial charge in [-0.2, -0.15) is 0 Å². The van der Waals surface area contributed by atoms with Gasteiger partial charge in [0, 0.05) is 19.8 Å². The molecule has 1 aliphatic carbocycles. The average Bonchev–Trinajstić information content (AvgIpc) is 2.21. The molecule has 13 heavy (non-hydrogen) atoms. The summed E-state index contributed by atoms with van der Waals surface area (Å²) in [5.74, 6) is 0. The highest BCUT2D eigenvalue weighted by Crippen LogP contribution is 2.21. The summed E-state index contributed by atoms with van der Waals surface area (Å²) < 4.78 is 5.10. The maximum Gasteiger partial charge on any atom is 0.0480 e. The smallest absolute Gasteiger partial charge is 0.0480 e. The molecule has 0 bridgehead atoms. The van der Waals surface area contributed by atoms with Gasteiger partial charge in [-0.15, -0.1) is 0 Å². The lowest BCUT2D eigenvalue weighted by atomic mass is 9.92. The van der Waals surface area contributed by atoms with E-state index in [4.69, 9.17) is 4.74 Å². The lowest BCUT2D eigenvalue weighted by molar-refractivity contribution is 0.187. The Labute approximate surface area is 81.4 Å². The van der Waals surface area contributed by atoms with Gasteiger partial charge in [0.25, 0.3) is 0 Å². The van der Waals surface area contributed by atoms with Crippen molar-refractivity contribution < 1.29 is 4.74 Å². The van der Waals surface area contributed by atoms with E-state index in [0.717, 1.165) is 13.0 Å². The van der Waals surface area contributed by atoms with E-state index >= 15 is 0 Å². The summed E-state index contributed by atoms with van der Waals surface area (Å²) in [6.45, 7) is 0.850. The van der Waals surface area contributed by atoms with Gasteiger partial charge in [-0.25, -0.2) is 0 Å². The van der Waals surface area contributed by atoms with Crippen LogP contribution in [0.15, 0.2) is 11.6 Å². The van der Waals surface area contributed by atoms with Crippen molar-refractivity contribution in [3.8, 4) is 0 Å². The van der Waals surface area contributed by atoms with Crippen LogP contribution in [0.5, 0.6) is 0 Å². The number of ether oxygens (including phenoxy) is 1. The number of nitrogens with one attached hydrogen (secondary N) is 1. The maximum absolute atomic E-state index is 5.10. The molecule has 0 spiro atoms. The Hall–Kier alpha value is -0.340. The Morgan fingerprint density at radius 1 is 1.54 bits per heavy atom. The van der Waals surface area contributed by atoms with Crippen molar-refractivity contribution in [3.63, 3.8) is 0 Å². The van der Waals surface area contributed by atoms with Crippen LogP contribution in [0.3, 0.4) is 0 Å². The molecule has 0 aromatic carbocycles. The minimum Gasteiger partial charge on any atom is -0.385 e. The topological polar surface area (TPSA) is 21.3 Å². The molecule has 2 heteroatoms. The monoisotopic (exact) mass is 183 g/mol. The fraction of sp³-hybridized carbons (Fsp3) is 0.818. The van der Waals surface area contributed by atoms with Crippen LogP contribution in [0.25, 0.3) is 0 Å². The quantitative estimate of drug-likeness (QED) is 0.659. The molecule has 0 fully saturated rings. The molecular formula is C11H21NO. The third-order valence-electron chi connectivity index (χ3n) is 2.73. The van der Waals surface area contributed by atoms with Gasteiger partial charge in [0.05, 0.1) is 0 Å². The van der Waals surface area contributed by atoms with Crippen LogP contribution < -0.4 is 5.32 Å². The number of rotatable bonds is 5. The van der Waals surface area contributed by atoms with E-state index in [2.05, 4.69) is 11.4 Å². The number of allylic oxidation sites excluding steroid dienone is 1. The first-order valence-electron chi connectivity index (χ1n) is 5.23. The van der Waals surface area contributed by atoms with Gasteiger partial charge in [-0.3, -0.25) is 0 Å². The molecule has 1 atom stereocenters. The molecule has 1 aliphatic rings. The predicted octanol–water partition coefficient (Wildman–Crippen LogP) is 2.11. The first kappa shape index (κ1) is 10.7. The normalized spacial score (nSPS) is 19.7. The minimum absolute atomic E-state index is 0.542. The van der Waals surface area contributed by atoms with Gasteiger partial charge >= 0.3 is 0 Å². The lowest BCUT2D eigenvalue weighted by Gasteiger charge is -2.22. The highest BCUT2D eigenvalue weighted by atomic mass is 16.5. The molecule has 1 rings (SSSR count). The largest absolute Gasteiger partial charge is 0.385 e. The second-order valence-electron chi connectivity index (χ2n) is 3.65. The highest BCUT2D eigenvalue weighted by Gasteiger charge is 2.13. The van der Waals surface area contributed by atoms with Crippen molar-refractivity contribution in [1.82, 2.24) is 5.32 Å². The standard InChI is InChI=1S/C11H21NO/c1-12-11(8-9-13-2)10-6-4-3-5-7-10/h6,11-12H,3-5,7-9H2,1-2H3. The first-order chi connectivity index (χ1) is 6.38. The zero-order chi connectivity index (χ0) is 9.52. The highest BCUT2D eigenvalue weighted by molar-refractivity contribution is 5.12. The second kappa shape index (κ2) is 6.17. The third-order valence-corrected chi connectivity index (χ3v) is 2.73. The van der Waals surface area contributed by atoms with Crippen molar-refractivity contribution in [2.24, 2.45) is 0 Å². The van der Waals surface area contributed by atoms with Crippen LogP contribution >= 0.6 is 0 Å². The molecule has 0 heterocycles. The van der Waals surface area contributed by atoms with E-state index in [1.807, 2.05) is 7.05 Å². The first-order valence-corrected chi connectivity index (χ1v) is 5.23. The van der Waals surface area contributed by atoms with E-state index in [9.17, 15) is 0 Å². The SMILES string of the molecule is CNC(CCOC)C1=CCCCC1. The van der Waals surface area contributed by atoms with E-state index in [-0.39, 0.29) is 0 Å². The molecule has 0 aromatic rings. The van der Waals surface area contributed by atoms with E-state index < -0.39 is 0 Å². The molecular weight excluding hydrogens is 162 g/mol. The Kier molecular flexibility index (Phi) is 5.09. The van der Waals surface area contributed by atoms with Crippen molar-refractivity contribution in [2.45, 2.75) is 38.1 Å². The fourth-order valence-corrected chi connectivity index (χ4v) is 1.93. The number of likely N-dealkylation sites (N-methyl/N-ethyl adjacent to an activating group) is 1. The van der Waals surface area contributed by atoms with Crippen LogP contribution in [0.1, 0.15) is 32.1 Å². The van der Waals surface area contributed by atoms with E-state index in [1.165, 1.54) is 25.7 Å². The molecule has 0 aromatic heterocycles. The predicted molar refractivity (Wildman–Crippen MR) is 55.9 cm³/mol. The molecule has 1 N–H and O–H groups in total. The summed E-state index contributed by atoms with van der Waals surface area (Å²) in [6.07, 6.45) is 8.76. The molecule has 76 valence electrons. The summed E-state index contributed by atoms with van der Waals surface area (Å²) in [4.78, 5) is 0. The van der Waals surface area contributed by atoms with Gasteiger partial charge in [0.2, 0.25) is 0 Å². The summed E-state index contributed by atoms with van der Waals surface area (Å²) in [7, 11) is 3.80. The summed E-state index contributed by atoms with van der Waals surface area (Å²) in [5.41, 5.74) is 1.59. The number of hydrogen-bond donors (Lipinski definition) is 1. The zero-order valence-corrected chi connectivity index (χ0v) is 8.81. The number of hydrogen-bond acceptors (Lipinski definition) is 2. The average molecular weight is 183 g/mol. The summed E-state index contributed by atoms with van der Waals surface area (Å²) >= 11 is 0. The minimum atomic E-state index is 0.542. The van der Waals surface area contributed by atoms with Crippen LogP contribution in [0.4, 0.5) is 0 Å². The lowest BCUT2D eigenvalue weighted by Crippen LogP contribution is -2.29. The van der Waals surface area contributed by atoms with Crippen molar-refractivity contribution in [2.75, 3.05) is 20.8 Å². The Morgan fingerprint density at radius 2 is 2.38 bits per heavy atom. The van der Waals surface area contributed by atoms with Gasteiger partial charge in [-0.1, -0.05) is 11.6 Å². The molecule has 0 saturated heterocycles. The maximum atomic E-state index is 5.10. The molecule has 2 nitrogen and oxygen atoms in total. The fourth-order valence-electron chi connectivity index (χ4n) is 1.93. The summed E-state index contributed by atoms with van der Waals surface area (Å²) in [6, 6.07) is 0.542. The van der Waals surface area contributed by atoms with E-state index in [0.29, 0.717) is 6.04 Å². The molecule has 0 aliphatic heterocycles. The van der Waals surface area contributed by atoms with E-state index in [1.54, 1.807) is 12.7 Å². The van der Waals surface area contributed by atoms with Crippen molar-refractivity contribution in [1.29, 1.82) is 0 Å². The van der Waals surface area contributed by atoms with Crippen molar-refractivity contribution >= 4 is 0 Å². The molecule has 0 amide bonds. The van der Waals surface area contributed by atoms with Crippen LogP contribution in [0, 0.1) is 0 Å². The Balaban J connectivity index is 2.39. The van der Waals surface area contributed by atoms with Gasteiger partial charge in [-0.05, 0) is 39.2 Å². The van der Waals surface area contributed by atoms with Gasteiger partial charge < -0.3 is 10.1 Å². The van der Waals surface area contributed by atoms with Crippen LogP contribution in [-0.2, 0) is 4.74 Å². The van der Waals surface area contributed by atoms with Gasteiger partial charge in [0.15, 0.2) is 0 Å². The Bertz CT molecular complexity index is 165. The molecule has 1 unspecified atom stereocenters. The van der Waals surface area contributed by atoms with Crippen LogP contribution in [-0.4, -0.2) is 26.8 Å². The van der Waals surface area contributed by atoms with Crippen molar-refractivity contribution in [3.05, 3.63) is 11.6 Å². The molecule has 0 saturated carbocycles. The number of methoxy groups -OCH3 is 1. The zero-order valence-electron chi connectivity index (χ0n) is 8.81.